The van der Waals surface area contributed by atoms with Crippen LogP contribution in [0.1, 0.15) is 78.1 Å². The Morgan fingerprint density at radius 1 is 1.33 bits per heavy atom. The maximum absolute atomic E-state index is 10.0. The lowest BCUT2D eigenvalue weighted by atomic mass is 9.62. The molecule has 0 spiro atoms. The Hall–Kier alpha value is -0.900. The van der Waals surface area contributed by atoms with Gasteiger partial charge >= 0.3 is 0 Å². The summed E-state index contributed by atoms with van der Waals surface area (Å²) in [4.78, 5) is 2.59. The molecule has 170 valence electrons. The molecule has 0 amide bonds. The second-order valence-corrected chi connectivity index (χ2v) is 10.1. The number of hydrogen-bond donors (Lipinski definition) is 1. The minimum Gasteiger partial charge on any atom is -0.389 e. The Morgan fingerprint density at radius 3 is 2.87 bits per heavy atom. The fraction of sp³-hybridized carbons (Fsp3) is 0.778. The molecule has 3 fully saturated rings. The number of hydrogen-bond acceptors (Lipinski definition) is 3. The summed E-state index contributed by atoms with van der Waals surface area (Å²) in [6, 6.07) is 0. The van der Waals surface area contributed by atoms with Crippen LogP contribution in [0.5, 0.6) is 0 Å². The van der Waals surface area contributed by atoms with Gasteiger partial charge in [-0.3, -0.25) is 4.90 Å². The van der Waals surface area contributed by atoms with Crippen molar-refractivity contribution < 1.29 is 9.84 Å². The fourth-order valence-corrected chi connectivity index (χ4v) is 6.36. The zero-order valence-electron chi connectivity index (χ0n) is 19.6. The van der Waals surface area contributed by atoms with E-state index in [1.807, 2.05) is 0 Å². The maximum Gasteiger partial charge on any atom is 0.0755 e. The van der Waals surface area contributed by atoms with Gasteiger partial charge < -0.3 is 9.84 Å². The molecule has 3 rings (SSSR count). The molecule has 0 aromatic carbocycles. The molecule has 0 aromatic heterocycles. The first-order valence-corrected chi connectivity index (χ1v) is 12.6. The molecular weight excluding hydrogens is 370 g/mol. The van der Waals surface area contributed by atoms with Crippen LogP contribution in [0.4, 0.5) is 0 Å². The summed E-state index contributed by atoms with van der Waals surface area (Å²) >= 11 is 0. The van der Waals surface area contributed by atoms with Crippen LogP contribution in [0.2, 0.25) is 0 Å². The van der Waals surface area contributed by atoms with E-state index in [1.54, 1.807) is 11.6 Å². The predicted molar refractivity (Wildman–Crippen MR) is 127 cm³/mol. The molecule has 30 heavy (non-hydrogen) atoms. The van der Waals surface area contributed by atoms with E-state index >= 15 is 0 Å². The molecule has 3 nitrogen and oxygen atoms in total. The van der Waals surface area contributed by atoms with Crippen LogP contribution in [0.3, 0.4) is 0 Å². The van der Waals surface area contributed by atoms with Gasteiger partial charge in [0.05, 0.1) is 19.3 Å². The van der Waals surface area contributed by atoms with Crippen molar-refractivity contribution >= 4 is 0 Å². The van der Waals surface area contributed by atoms with Gasteiger partial charge in [0.2, 0.25) is 0 Å². The van der Waals surface area contributed by atoms with E-state index in [0.29, 0.717) is 5.41 Å². The Kier molecular flexibility index (Phi) is 9.22. The van der Waals surface area contributed by atoms with Crippen molar-refractivity contribution in [3.8, 4) is 0 Å². The predicted octanol–water partition coefficient (Wildman–Crippen LogP) is 5.91. The first-order chi connectivity index (χ1) is 14.6. The van der Waals surface area contributed by atoms with Crippen LogP contribution in [0, 0.1) is 17.3 Å². The maximum atomic E-state index is 10.0. The van der Waals surface area contributed by atoms with Gasteiger partial charge in [-0.05, 0) is 81.6 Å². The monoisotopic (exact) mass is 415 g/mol. The van der Waals surface area contributed by atoms with Crippen molar-refractivity contribution in [1.82, 2.24) is 4.90 Å². The number of ether oxygens (including phenoxy) is 1. The summed E-state index contributed by atoms with van der Waals surface area (Å²) in [5, 5.41) is 10.0. The topological polar surface area (TPSA) is 32.7 Å². The highest BCUT2D eigenvalue weighted by Crippen LogP contribution is 2.58. The molecule has 0 bridgehead atoms. The van der Waals surface area contributed by atoms with Gasteiger partial charge in [0, 0.05) is 13.1 Å². The molecule has 4 atom stereocenters. The largest absolute Gasteiger partial charge is 0.389 e. The first-order valence-electron chi connectivity index (χ1n) is 12.6. The van der Waals surface area contributed by atoms with E-state index in [-0.39, 0.29) is 0 Å². The zero-order chi connectivity index (χ0) is 21.4. The summed E-state index contributed by atoms with van der Waals surface area (Å²) in [6.45, 7) is 13.9. The zero-order valence-corrected chi connectivity index (χ0v) is 19.6. The standard InChI is InChI=1S/C27H45NO2/c1-4-8-22(21-25(29)5-2)11-12-23-9-6-15-27(3)24(13-14-26(23)27)10-7-16-28-17-19-30-20-18-28/h5,11-12,24-26,29H,2,4,6-10,13-21H2,1,3H3/b22-11-,23-12+. The van der Waals surface area contributed by atoms with E-state index in [0.717, 1.165) is 57.4 Å². The smallest absolute Gasteiger partial charge is 0.0755 e. The van der Waals surface area contributed by atoms with Gasteiger partial charge in [0.15, 0.2) is 0 Å². The number of aliphatic hydroxyl groups excluding tert-OH is 1. The first kappa shape index (κ1) is 23.8. The highest BCUT2D eigenvalue weighted by molar-refractivity contribution is 5.25. The van der Waals surface area contributed by atoms with Gasteiger partial charge in [-0.15, -0.1) is 6.58 Å². The number of fused-ring (bicyclic) bond motifs is 1. The lowest BCUT2D eigenvalue weighted by Gasteiger charge is -2.42. The number of morpholine rings is 1. The van der Waals surface area contributed by atoms with Crippen molar-refractivity contribution in [3.63, 3.8) is 0 Å². The summed E-state index contributed by atoms with van der Waals surface area (Å²) in [6.07, 6.45) is 18.5. The molecule has 2 saturated carbocycles. The third-order valence-electron chi connectivity index (χ3n) is 8.14. The average Bonchev–Trinajstić information content (AvgIpc) is 3.09. The Bertz CT molecular complexity index is 604. The van der Waals surface area contributed by atoms with Crippen molar-refractivity contribution in [2.45, 2.75) is 84.2 Å². The Morgan fingerprint density at radius 2 is 2.13 bits per heavy atom. The minimum absolute atomic E-state index is 0.417. The summed E-state index contributed by atoms with van der Waals surface area (Å²) < 4.78 is 5.49. The second-order valence-electron chi connectivity index (χ2n) is 10.1. The van der Waals surface area contributed by atoms with Gasteiger partial charge in [-0.2, -0.15) is 0 Å². The molecule has 1 N–H and O–H groups in total. The highest BCUT2D eigenvalue weighted by Gasteiger charge is 2.48. The van der Waals surface area contributed by atoms with E-state index in [4.69, 9.17) is 4.74 Å². The lowest BCUT2D eigenvalue weighted by Crippen LogP contribution is -2.37. The third kappa shape index (κ3) is 6.08. The Labute approximate surface area is 185 Å². The van der Waals surface area contributed by atoms with Crippen LogP contribution in [0.25, 0.3) is 0 Å². The van der Waals surface area contributed by atoms with Crippen LogP contribution < -0.4 is 0 Å². The van der Waals surface area contributed by atoms with Crippen molar-refractivity contribution in [1.29, 1.82) is 0 Å². The molecule has 0 aromatic rings. The number of allylic oxidation sites excluding steroid dienone is 3. The van der Waals surface area contributed by atoms with E-state index in [9.17, 15) is 5.11 Å². The van der Waals surface area contributed by atoms with Gasteiger partial charge in [0.1, 0.15) is 0 Å². The molecule has 3 heteroatoms. The number of aliphatic hydroxyl groups is 1. The quantitative estimate of drug-likeness (QED) is 0.451. The molecular formula is C27H45NO2. The molecule has 3 aliphatic rings. The number of rotatable bonds is 10. The minimum atomic E-state index is -0.417. The van der Waals surface area contributed by atoms with Gasteiger partial charge in [-0.25, -0.2) is 0 Å². The fourth-order valence-electron chi connectivity index (χ4n) is 6.36. The van der Waals surface area contributed by atoms with E-state index in [2.05, 4.69) is 37.5 Å². The lowest BCUT2D eigenvalue weighted by molar-refractivity contribution is 0.0351. The molecule has 2 aliphatic carbocycles. The van der Waals surface area contributed by atoms with Crippen LogP contribution >= 0.6 is 0 Å². The van der Waals surface area contributed by atoms with Crippen molar-refractivity contribution in [3.05, 3.63) is 36.0 Å². The summed E-state index contributed by atoms with van der Waals surface area (Å²) in [5.41, 5.74) is 3.54. The third-order valence-corrected chi connectivity index (χ3v) is 8.14. The van der Waals surface area contributed by atoms with Gasteiger partial charge in [-0.1, -0.05) is 49.6 Å². The van der Waals surface area contributed by atoms with Crippen molar-refractivity contribution in [2.75, 3.05) is 32.8 Å². The molecule has 0 radical (unpaired) electrons. The van der Waals surface area contributed by atoms with E-state index in [1.165, 1.54) is 57.1 Å². The molecule has 1 aliphatic heterocycles. The van der Waals surface area contributed by atoms with Crippen LogP contribution in [0.15, 0.2) is 36.0 Å². The van der Waals surface area contributed by atoms with E-state index < -0.39 is 6.10 Å². The highest BCUT2D eigenvalue weighted by atomic mass is 16.5. The van der Waals surface area contributed by atoms with Crippen LogP contribution in [-0.2, 0) is 4.74 Å². The number of nitrogens with zero attached hydrogens (tertiary/aromatic N) is 1. The summed E-state index contributed by atoms with van der Waals surface area (Å²) in [7, 11) is 0. The average molecular weight is 416 g/mol. The second kappa shape index (κ2) is 11.6. The van der Waals surface area contributed by atoms with Crippen molar-refractivity contribution in [2.24, 2.45) is 17.3 Å². The normalized spacial score (nSPS) is 32.9. The SMILES string of the molecule is C=CC(O)C/C(=C\C=C1/CCCC2(C)C(CCCN3CCOCC3)CCC12)CCC. The summed E-state index contributed by atoms with van der Waals surface area (Å²) in [5.74, 6) is 1.65. The molecule has 4 unspecified atom stereocenters. The Balaban J connectivity index is 1.60. The molecule has 1 saturated heterocycles. The van der Waals surface area contributed by atoms with Gasteiger partial charge in [0.25, 0.3) is 0 Å². The van der Waals surface area contributed by atoms with Crippen LogP contribution in [-0.4, -0.2) is 49.0 Å². The molecule has 1 heterocycles.